The van der Waals surface area contributed by atoms with Gasteiger partial charge in [0, 0.05) is 0 Å². The fourth-order valence-electron chi connectivity index (χ4n) is 1.83. The smallest absolute Gasteiger partial charge is 0.0277 e. The van der Waals surface area contributed by atoms with E-state index < -0.39 is 0 Å². The summed E-state index contributed by atoms with van der Waals surface area (Å²) in [6, 6.07) is 0. The second-order valence-electron chi connectivity index (χ2n) is 4.50. The van der Waals surface area contributed by atoms with Crippen LogP contribution in [0.1, 0.15) is 59.3 Å². The highest BCUT2D eigenvalue weighted by Crippen LogP contribution is 2.20. The van der Waals surface area contributed by atoms with Gasteiger partial charge >= 0.3 is 0 Å². The van der Waals surface area contributed by atoms with Crippen LogP contribution in [0.15, 0.2) is 36.0 Å². The van der Waals surface area contributed by atoms with Gasteiger partial charge in [0.15, 0.2) is 0 Å². The molecule has 0 aromatic rings. The SMILES string of the molecule is C=CCCCCCCC(C(=C)C)=C(C)C. The molecule has 0 unspecified atom stereocenters. The predicted molar refractivity (Wildman–Crippen MR) is 71.1 cm³/mol. The number of unbranched alkanes of at least 4 members (excludes halogenated alkanes) is 4. The first-order chi connectivity index (χ1) is 7.09. The molecule has 0 saturated heterocycles. The molecule has 0 atom stereocenters. The van der Waals surface area contributed by atoms with E-state index in [-0.39, 0.29) is 0 Å². The minimum absolute atomic E-state index is 1.16. The summed E-state index contributed by atoms with van der Waals surface area (Å²) in [5, 5.41) is 0. The Balaban J connectivity index is 3.70. The van der Waals surface area contributed by atoms with Gasteiger partial charge < -0.3 is 0 Å². The van der Waals surface area contributed by atoms with Crippen molar-refractivity contribution < 1.29 is 0 Å². The summed E-state index contributed by atoms with van der Waals surface area (Å²) in [5.41, 5.74) is 4.13. The summed E-state index contributed by atoms with van der Waals surface area (Å²) in [7, 11) is 0. The van der Waals surface area contributed by atoms with Crippen LogP contribution in [-0.2, 0) is 0 Å². The maximum Gasteiger partial charge on any atom is -0.0277 e. The van der Waals surface area contributed by atoms with Crippen molar-refractivity contribution in [1.29, 1.82) is 0 Å². The fourth-order valence-corrected chi connectivity index (χ4v) is 1.83. The molecule has 0 bridgehead atoms. The molecule has 0 aliphatic rings. The van der Waals surface area contributed by atoms with Crippen LogP contribution in [0.5, 0.6) is 0 Å². The van der Waals surface area contributed by atoms with Crippen LogP contribution < -0.4 is 0 Å². The molecule has 0 N–H and O–H groups in total. The normalized spacial score (nSPS) is 9.80. The molecule has 0 fully saturated rings. The highest BCUT2D eigenvalue weighted by atomic mass is 14.1. The Labute approximate surface area is 95.8 Å². The van der Waals surface area contributed by atoms with Crippen molar-refractivity contribution in [3.05, 3.63) is 36.0 Å². The molecule has 86 valence electrons. The monoisotopic (exact) mass is 206 g/mol. The predicted octanol–water partition coefficient (Wildman–Crippen LogP) is 5.43. The molecule has 0 aromatic heterocycles. The Morgan fingerprint density at radius 1 is 1.00 bits per heavy atom. The molecular formula is C15H26. The zero-order valence-electron chi connectivity index (χ0n) is 10.7. The quantitative estimate of drug-likeness (QED) is 0.282. The van der Waals surface area contributed by atoms with Gasteiger partial charge in [-0.2, -0.15) is 0 Å². The van der Waals surface area contributed by atoms with E-state index >= 15 is 0 Å². The molecular weight excluding hydrogens is 180 g/mol. The van der Waals surface area contributed by atoms with Gasteiger partial charge in [-0.1, -0.05) is 36.6 Å². The lowest BCUT2D eigenvalue weighted by Crippen LogP contribution is -1.89. The third-order valence-corrected chi connectivity index (χ3v) is 2.70. The van der Waals surface area contributed by atoms with Crippen molar-refractivity contribution in [3.8, 4) is 0 Å². The van der Waals surface area contributed by atoms with E-state index in [0.717, 1.165) is 6.42 Å². The standard InChI is InChI=1S/C15H26/c1-6-7-8-9-10-11-12-15(13(2)3)14(4)5/h6H,1-2,7-12H2,3-5H3. The summed E-state index contributed by atoms with van der Waals surface area (Å²) in [6.45, 7) is 14.2. The molecule has 0 aliphatic carbocycles. The third kappa shape index (κ3) is 7.18. The fraction of sp³-hybridized carbons (Fsp3) is 0.600. The van der Waals surface area contributed by atoms with Gasteiger partial charge in [0.25, 0.3) is 0 Å². The summed E-state index contributed by atoms with van der Waals surface area (Å²) < 4.78 is 0. The molecule has 15 heavy (non-hydrogen) atoms. The highest BCUT2D eigenvalue weighted by molar-refractivity contribution is 5.29. The van der Waals surface area contributed by atoms with Crippen LogP contribution in [0.3, 0.4) is 0 Å². The Morgan fingerprint density at radius 2 is 1.60 bits per heavy atom. The second-order valence-corrected chi connectivity index (χ2v) is 4.50. The maximum absolute atomic E-state index is 4.03. The Bertz CT molecular complexity index is 226. The molecule has 0 aliphatic heterocycles. The highest BCUT2D eigenvalue weighted by Gasteiger charge is 2.00. The van der Waals surface area contributed by atoms with E-state index in [0.29, 0.717) is 0 Å². The first kappa shape index (κ1) is 14.2. The summed E-state index contributed by atoms with van der Waals surface area (Å²) >= 11 is 0. The van der Waals surface area contributed by atoms with Crippen molar-refractivity contribution in [1.82, 2.24) is 0 Å². The molecule has 0 rings (SSSR count). The van der Waals surface area contributed by atoms with Gasteiger partial charge in [-0.25, -0.2) is 0 Å². The van der Waals surface area contributed by atoms with Gasteiger partial charge in [-0.05, 0) is 52.0 Å². The number of hydrogen-bond donors (Lipinski definition) is 0. The van der Waals surface area contributed by atoms with Crippen molar-refractivity contribution in [2.24, 2.45) is 0 Å². The lowest BCUT2D eigenvalue weighted by Gasteiger charge is -2.09. The molecule has 0 aromatic carbocycles. The minimum Gasteiger partial charge on any atom is -0.103 e. The third-order valence-electron chi connectivity index (χ3n) is 2.70. The Hall–Kier alpha value is -0.780. The molecule has 0 saturated carbocycles. The lowest BCUT2D eigenvalue weighted by atomic mass is 9.97. The van der Waals surface area contributed by atoms with Gasteiger partial charge in [0.05, 0.1) is 0 Å². The van der Waals surface area contributed by atoms with Crippen LogP contribution in [0.4, 0.5) is 0 Å². The van der Waals surface area contributed by atoms with E-state index in [9.17, 15) is 0 Å². The van der Waals surface area contributed by atoms with Crippen LogP contribution >= 0.6 is 0 Å². The minimum atomic E-state index is 1.16. The molecule has 0 heteroatoms. The zero-order chi connectivity index (χ0) is 11.7. The second kappa shape index (κ2) is 8.52. The molecule has 0 radical (unpaired) electrons. The summed E-state index contributed by atoms with van der Waals surface area (Å²) in [4.78, 5) is 0. The van der Waals surface area contributed by atoms with Crippen molar-refractivity contribution in [2.75, 3.05) is 0 Å². The zero-order valence-corrected chi connectivity index (χ0v) is 10.7. The molecule has 0 amide bonds. The van der Waals surface area contributed by atoms with Crippen molar-refractivity contribution in [3.63, 3.8) is 0 Å². The molecule has 0 heterocycles. The topological polar surface area (TPSA) is 0 Å². The van der Waals surface area contributed by atoms with E-state index in [4.69, 9.17) is 0 Å². The first-order valence-corrected chi connectivity index (χ1v) is 6.02. The average Bonchev–Trinajstić information content (AvgIpc) is 2.15. The Kier molecular flexibility index (Phi) is 8.08. The van der Waals surface area contributed by atoms with Gasteiger partial charge in [0.1, 0.15) is 0 Å². The summed E-state index contributed by atoms with van der Waals surface area (Å²) in [6.07, 6.45) is 9.62. The van der Waals surface area contributed by atoms with Crippen LogP contribution in [0, 0.1) is 0 Å². The number of hydrogen-bond acceptors (Lipinski definition) is 0. The van der Waals surface area contributed by atoms with Crippen molar-refractivity contribution >= 4 is 0 Å². The van der Waals surface area contributed by atoms with Crippen LogP contribution in [0.25, 0.3) is 0 Å². The van der Waals surface area contributed by atoms with Gasteiger partial charge in [-0.15, -0.1) is 6.58 Å². The van der Waals surface area contributed by atoms with Crippen LogP contribution in [-0.4, -0.2) is 0 Å². The van der Waals surface area contributed by atoms with Gasteiger partial charge in [0.2, 0.25) is 0 Å². The first-order valence-electron chi connectivity index (χ1n) is 6.02. The Morgan fingerprint density at radius 3 is 2.07 bits per heavy atom. The molecule has 0 spiro atoms. The van der Waals surface area contributed by atoms with Crippen molar-refractivity contribution in [2.45, 2.75) is 59.3 Å². The average molecular weight is 206 g/mol. The van der Waals surface area contributed by atoms with Crippen LogP contribution in [0.2, 0.25) is 0 Å². The number of allylic oxidation sites excluding steroid dienone is 4. The van der Waals surface area contributed by atoms with E-state index in [1.807, 2.05) is 6.08 Å². The number of rotatable bonds is 8. The van der Waals surface area contributed by atoms with Gasteiger partial charge in [-0.3, -0.25) is 0 Å². The summed E-state index contributed by atoms with van der Waals surface area (Å²) in [5.74, 6) is 0. The van der Waals surface area contributed by atoms with E-state index in [2.05, 4.69) is 33.9 Å². The largest absolute Gasteiger partial charge is 0.103 e. The van der Waals surface area contributed by atoms with E-state index in [1.54, 1.807) is 0 Å². The lowest BCUT2D eigenvalue weighted by molar-refractivity contribution is 0.644. The molecule has 0 nitrogen and oxygen atoms in total. The van der Waals surface area contributed by atoms with E-state index in [1.165, 1.54) is 48.8 Å². The maximum atomic E-state index is 4.03.